The van der Waals surface area contributed by atoms with Crippen LogP contribution < -0.4 is 5.69 Å². The second-order valence-corrected chi connectivity index (χ2v) is 3.19. The summed E-state index contributed by atoms with van der Waals surface area (Å²) in [7, 11) is 1.60. The van der Waals surface area contributed by atoms with E-state index < -0.39 is 5.97 Å². The van der Waals surface area contributed by atoms with Crippen LogP contribution in [0.5, 0.6) is 0 Å². The largest absolute Gasteiger partial charge is 0.480 e. The zero-order chi connectivity index (χ0) is 11.0. The van der Waals surface area contributed by atoms with Gasteiger partial charge in [-0.05, 0) is 12.1 Å². The minimum atomic E-state index is -0.967. The fourth-order valence-electron chi connectivity index (χ4n) is 1.46. The van der Waals surface area contributed by atoms with E-state index in [1.807, 2.05) is 0 Å². The quantitative estimate of drug-likeness (QED) is 0.738. The summed E-state index contributed by atoms with van der Waals surface area (Å²) in [5.74, 6) is -0.571. The maximum absolute atomic E-state index is 11.3. The highest BCUT2D eigenvalue weighted by Crippen LogP contribution is 2.15. The van der Waals surface area contributed by atoms with Crippen molar-refractivity contribution < 1.29 is 9.90 Å². The molecule has 0 fully saturated rings. The number of rotatable bonds is 2. The van der Waals surface area contributed by atoms with Gasteiger partial charge in [0.05, 0.1) is 5.69 Å². The van der Waals surface area contributed by atoms with Crippen LogP contribution in [0, 0.1) is 0 Å². The van der Waals surface area contributed by atoms with Gasteiger partial charge in [-0.2, -0.15) is 4.98 Å². The number of carboxylic acids is 1. The molecular formula is C9H9N3O3. The van der Waals surface area contributed by atoms with Crippen LogP contribution >= 0.6 is 0 Å². The zero-order valence-corrected chi connectivity index (χ0v) is 8.04. The number of nitrogens with zero attached hydrogens (tertiary/aromatic N) is 3. The molecule has 0 aromatic heterocycles. The van der Waals surface area contributed by atoms with Gasteiger partial charge in [-0.3, -0.25) is 9.36 Å². The molecule has 0 aromatic carbocycles. The average Bonchev–Trinajstić information content (AvgIpc) is 2.45. The molecule has 0 saturated carbocycles. The molecule has 78 valence electrons. The first-order valence-corrected chi connectivity index (χ1v) is 4.33. The molecule has 0 radical (unpaired) electrons. The molecule has 0 aromatic rings. The predicted octanol–water partition coefficient (Wildman–Crippen LogP) is -0.229. The van der Waals surface area contributed by atoms with Crippen molar-refractivity contribution in [1.82, 2.24) is 14.1 Å². The smallest absolute Gasteiger partial charge is 0.349 e. The van der Waals surface area contributed by atoms with Crippen molar-refractivity contribution in [3.63, 3.8) is 0 Å². The Bertz CT molecular complexity index is 540. The number of fused-ring (bicyclic) bond motifs is 1. The number of imidazole rings is 1. The lowest BCUT2D eigenvalue weighted by molar-refractivity contribution is -0.137. The van der Waals surface area contributed by atoms with E-state index in [4.69, 9.17) is 5.11 Å². The Labute approximate surface area is 84.7 Å². The summed E-state index contributed by atoms with van der Waals surface area (Å²) in [6.07, 6.45) is 1.59. The standard InChI is InChI=1S/C9H9N3O3/c1-11-6-3-2-4-12(5-7(13)14)8(6)10-9(11)15/h2-4H,5H2,1H3,(H,13,14). The van der Waals surface area contributed by atoms with Gasteiger partial charge in [0.15, 0.2) is 5.82 Å². The third-order valence-electron chi connectivity index (χ3n) is 2.18. The van der Waals surface area contributed by atoms with Crippen molar-refractivity contribution in [2.75, 3.05) is 0 Å². The van der Waals surface area contributed by atoms with Gasteiger partial charge in [-0.25, -0.2) is 4.79 Å². The van der Waals surface area contributed by atoms with Crippen LogP contribution in [0.3, 0.4) is 0 Å². The van der Waals surface area contributed by atoms with E-state index in [2.05, 4.69) is 4.98 Å². The molecule has 0 saturated heterocycles. The van der Waals surface area contributed by atoms with Gasteiger partial charge in [0.25, 0.3) is 0 Å². The van der Waals surface area contributed by atoms with Crippen LogP contribution in [-0.4, -0.2) is 25.2 Å². The molecule has 0 spiro atoms. The van der Waals surface area contributed by atoms with Gasteiger partial charge in [0, 0.05) is 13.2 Å². The average molecular weight is 207 g/mol. The summed E-state index contributed by atoms with van der Waals surface area (Å²) >= 11 is 0. The van der Waals surface area contributed by atoms with Crippen molar-refractivity contribution in [2.24, 2.45) is 7.05 Å². The fraction of sp³-hybridized carbons (Fsp3) is 0.222. The number of hydrogen-bond acceptors (Lipinski definition) is 3. The van der Waals surface area contributed by atoms with E-state index in [1.54, 1.807) is 25.4 Å². The SMILES string of the molecule is Cn1c2cccn(CC(=O)O)c-2nc1=O. The van der Waals surface area contributed by atoms with E-state index in [1.165, 1.54) is 9.13 Å². The highest BCUT2D eigenvalue weighted by molar-refractivity contribution is 5.68. The van der Waals surface area contributed by atoms with Crippen molar-refractivity contribution in [3.8, 4) is 11.5 Å². The summed E-state index contributed by atoms with van der Waals surface area (Å²) in [5, 5.41) is 8.67. The molecule has 2 aliphatic rings. The summed E-state index contributed by atoms with van der Waals surface area (Å²) in [4.78, 5) is 25.6. The molecule has 0 aliphatic carbocycles. The van der Waals surface area contributed by atoms with Crippen LogP contribution in [-0.2, 0) is 18.4 Å². The lowest BCUT2D eigenvalue weighted by Gasteiger charge is -2.08. The summed E-state index contributed by atoms with van der Waals surface area (Å²) in [5.41, 5.74) is 0.249. The van der Waals surface area contributed by atoms with E-state index in [0.717, 1.165) is 0 Å². The molecule has 0 bridgehead atoms. The van der Waals surface area contributed by atoms with Crippen LogP contribution in [0.4, 0.5) is 0 Å². The topological polar surface area (TPSA) is 77.1 Å². The lowest BCUT2D eigenvalue weighted by atomic mass is 10.3. The van der Waals surface area contributed by atoms with Gasteiger partial charge in [0.1, 0.15) is 6.54 Å². The number of hydrogen-bond donors (Lipinski definition) is 1. The zero-order valence-electron chi connectivity index (χ0n) is 8.04. The van der Waals surface area contributed by atoms with Gasteiger partial charge >= 0.3 is 11.7 Å². The van der Waals surface area contributed by atoms with Gasteiger partial charge in [-0.15, -0.1) is 0 Å². The second kappa shape index (κ2) is 3.23. The Morgan fingerprint density at radius 1 is 1.60 bits per heavy atom. The minimum Gasteiger partial charge on any atom is -0.480 e. The van der Waals surface area contributed by atoms with E-state index in [0.29, 0.717) is 11.5 Å². The Hall–Kier alpha value is -2.11. The van der Waals surface area contributed by atoms with Gasteiger partial charge < -0.3 is 9.67 Å². The van der Waals surface area contributed by atoms with Gasteiger partial charge in [0.2, 0.25) is 0 Å². The molecule has 6 heteroatoms. The number of aromatic nitrogens is 3. The molecule has 0 unspecified atom stereocenters. The molecule has 2 rings (SSSR count). The lowest BCUT2D eigenvalue weighted by Crippen LogP contribution is -2.11. The van der Waals surface area contributed by atoms with E-state index >= 15 is 0 Å². The first kappa shape index (κ1) is 9.45. The monoisotopic (exact) mass is 207 g/mol. The van der Waals surface area contributed by atoms with Crippen molar-refractivity contribution in [2.45, 2.75) is 6.54 Å². The number of carboxylic acid groups (broad SMARTS) is 1. The Kier molecular flexibility index (Phi) is 2.03. The Morgan fingerprint density at radius 3 is 3.00 bits per heavy atom. The first-order valence-electron chi connectivity index (χ1n) is 4.33. The van der Waals surface area contributed by atoms with Crippen molar-refractivity contribution in [3.05, 3.63) is 28.8 Å². The molecular weight excluding hydrogens is 198 g/mol. The summed E-state index contributed by atoms with van der Waals surface area (Å²) < 4.78 is 2.81. The molecule has 6 nitrogen and oxygen atoms in total. The van der Waals surface area contributed by atoms with Crippen molar-refractivity contribution in [1.29, 1.82) is 0 Å². The molecule has 1 N–H and O–H groups in total. The van der Waals surface area contributed by atoms with Crippen molar-refractivity contribution >= 4 is 5.97 Å². The predicted molar refractivity (Wildman–Crippen MR) is 51.7 cm³/mol. The summed E-state index contributed by atoms with van der Waals surface area (Å²) in [6.45, 7) is -0.201. The second-order valence-electron chi connectivity index (χ2n) is 3.19. The third-order valence-corrected chi connectivity index (χ3v) is 2.18. The first-order chi connectivity index (χ1) is 7.09. The molecule has 0 atom stereocenters. The normalized spacial score (nSPS) is 10.7. The molecule has 2 heterocycles. The van der Waals surface area contributed by atoms with E-state index in [9.17, 15) is 9.59 Å². The molecule has 15 heavy (non-hydrogen) atoms. The van der Waals surface area contributed by atoms with Crippen LogP contribution in [0.25, 0.3) is 11.5 Å². The van der Waals surface area contributed by atoms with Crippen LogP contribution in [0.15, 0.2) is 23.1 Å². The highest BCUT2D eigenvalue weighted by Gasteiger charge is 2.15. The molecule has 2 aliphatic heterocycles. The number of pyridine rings is 1. The highest BCUT2D eigenvalue weighted by atomic mass is 16.4. The van der Waals surface area contributed by atoms with E-state index in [-0.39, 0.29) is 12.2 Å². The Morgan fingerprint density at radius 2 is 2.33 bits per heavy atom. The third kappa shape index (κ3) is 1.50. The number of carbonyl (C=O) groups is 1. The summed E-state index contributed by atoms with van der Waals surface area (Å²) in [6, 6.07) is 3.41. The maximum Gasteiger partial charge on any atom is 0.349 e. The number of aliphatic carboxylic acids is 1. The fourth-order valence-corrected chi connectivity index (χ4v) is 1.46. The maximum atomic E-state index is 11.3. The Balaban J connectivity index is 2.62. The van der Waals surface area contributed by atoms with Crippen LogP contribution in [0.1, 0.15) is 0 Å². The van der Waals surface area contributed by atoms with Gasteiger partial charge in [-0.1, -0.05) is 0 Å². The van der Waals surface area contributed by atoms with Crippen LogP contribution in [0.2, 0.25) is 0 Å². The molecule has 0 amide bonds. The minimum absolute atomic E-state index is 0.201.